The summed E-state index contributed by atoms with van der Waals surface area (Å²) in [7, 11) is -0.338. The highest BCUT2D eigenvalue weighted by molar-refractivity contribution is 7.86. The van der Waals surface area contributed by atoms with E-state index in [1.807, 2.05) is 6.92 Å². The minimum Gasteiger partial charge on any atom is -0.469 e. The Kier molecular flexibility index (Phi) is 7.58. The Hall–Kier alpha value is -0.700. The number of nitrogens with zero attached hydrogens (tertiary/aromatic N) is 3. The molecular formula is C13H27N3O4S. The maximum atomic E-state index is 12.4. The number of carbonyl (C=O) groups is 1. The van der Waals surface area contributed by atoms with Crippen molar-refractivity contribution in [2.45, 2.75) is 26.2 Å². The van der Waals surface area contributed by atoms with E-state index in [1.54, 1.807) is 7.05 Å². The van der Waals surface area contributed by atoms with Crippen LogP contribution in [0.25, 0.3) is 0 Å². The molecule has 0 aromatic heterocycles. The van der Waals surface area contributed by atoms with Crippen molar-refractivity contribution in [3.05, 3.63) is 0 Å². The number of ether oxygens (including phenoxy) is 1. The molecule has 7 nitrogen and oxygen atoms in total. The van der Waals surface area contributed by atoms with Crippen LogP contribution in [-0.2, 0) is 19.7 Å². The molecule has 0 aromatic rings. The molecule has 124 valence electrons. The third-order valence-corrected chi connectivity index (χ3v) is 5.73. The van der Waals surface area contributed by atoms with Crippen LogP contribution in [0.1, 0.15) is 26.2 Å². The fourth-order valence-electron chi connectivity index (χ4n) is 2.23. The molecule has 1 rings (SSSR count). The first kappa shape index (κ1) is 18.3. The SMILES string of the molecule is CCCCN(C)S(=O)(=O)N1CCN(CCC(=O)OC)CC1. The molecule has 0 spiro atoms. The summed E-state index contributed by atoms with van der Waals surface area (Å²) < 4.78 is 32.3. The van der Waals surface area contributed by atoms with Crippen LogP contribution < -0.4 is 0 Å². The third kappa shape index (κ3) is 5.54. The van der Waals surface area contributed by atoms with Crippen molar-refractivity contribution < 1.29 is 17.9 Å². The highest BCUT2D eigenvalue weighted by Gasteiger charge is 2.29. The van der Waals surface area contributed by atoms with Crippen molar-refractivity contribution in [1.82, 2.24) is 13.5 Å². The van der Waals surface area contributed by atoms with E-state index < -0.39 is 10.2 Å². The Balaban J connectivity index is 2.42. The Morgan fingerprint density at radius 3 is 2.38 bits per heavy atom. The minimum absolute atomic E-state index is 0.232. The molecular weight excluding hydrogens is 294 g/mol. The highest BCUT2D eigenvalue weighted by atomic mass is 32.2. The van der Waals surface area contributed by atoms with Crippen molar-refractivity contribution in [2.24, 2.45) is 0 Å². The summed E-state index contributed by atoms with van der Waals surface area (Å²) in [4.78, 5) is 13.2. The highest BCUT2D eigenvalue weighted by Crippen LogP contribution is 2.12. The Labute approximate surface area is 128 Å². The standard InChI is InChI=1S/C13H27N3O4S/c1-4-5-7-14(2)21(18,19)16-11-9-15(10-12-16)8-6-13(17)20-3/h4-12H2,1-3H3. The van der Waals surface area contributed by atoms with Gasteiger partial charge < -0.3 is 9.64 Å². The predicted octanol–water partition coefficient (Wildman–Crippen LogP) is 0.144. The second-order valence-corrected chi connectivity index (χ2v) is 7.29. The summed E-state index contributed by atoms with van der Waals surface area (Å²) in [6.07, 6.45) is 2.19. The lowest BCUT2D eigenvalue weighted by Gasteiger charge is -2.35. The zero-order valence-electron chi connectivity index (χ0n) is 13.2. The fraction of sp³-hybridized carbons (Fsp3) is 0.923. The summed E-state index contributed by atoms with van der Waals surface area (Å²) >= 11 is 0. The topological polar surface area (TPSA) is 70.2 Å². The van der Waals surface area contributed by atoms with Gasteiger partial charge in [-0.15, -0.1) is 0 Å². The smallest absolute Gasteiger partial charge is 0.306 e. The van der Waals surface area contributed by atoms with Crippen molar-refractivity contribution >= 4 is 16.2 Å². The zero-order chi connectivity index (χ0) is 15.9. The average Bonchev–Trinajstić information content (AvgIpc) is 2.50. The van der Waals surface area contributed by atoms with Gasteiger partial charge >= 0.3 is 5.97 Å². The number of hydrogen-bond acceptors (Lipinski definition) is 5. The molecule has 0 radical (unpaired) electrons. The van der Waals surface area contributed by atoms with Crippen molar-refractivity contribution in [3.63, 3.8) is 0 Å². The lowest BCUT2D eigenvalue weighted by atomic mass is 10.3. The first-order chi connectivity index (χ1) is 9.91. The van der Waals surface area contributed by atoms with Gasteiger partial charge in [-0.05, 0) is 6.42 Å². The Bertz CT molecular complexity index is 419. The molecule has 21 heavy (non-hydrogen) atoms. The van der Waals surface area contributed by atoms with Crippen molar-refractivity contribution in [2.75, 3.05) is 53.4 Å². The lowest BCUT2D eigenvalue weighted by Crippen LogP contribution is -2.52. The molecule has 0 amide bonds. The molecule has 8 heteroatoms. The fourth-order valence-corrected chi connectivity index (χ4v) is 3.61. The molecule has 1 heterocycles. The van der Waals surface area contributed by atoms with Crippen molar-refractivity contribution in [3.8, 4) is 0 Å². The molecule has 1 aliphatic heterocycles. The van der Waals surface area contributed by atoms with Crippen LogP contribution in [0, 0.1) is 0 Å². The number of carbonyl (C=O) groups excluding carboxylic acids is 1. The van der Waals surface area contributed by atoms with Gasteiger partial charge in [-0.25, -0.2) is 0 Å². The van der Waals surface area contributed by atoms with Gasteiger partial charge in [-0.1, -0.05) is 13.3 Å². The van der Waals surface area contributed by atoms with Gasteiger partial charge in [0.05, 0.1) is 13.5 Å². The quantitative estimate of drug-likeness (QED) is 0.595. The second-order valence-electron chi connectivity index (χ2n) is 5.25. The van der Waals surface area contributed by atoms with Gasteiger partial charge in [0.15, 0.2) is 0 Å². The van der Waals surface area contributed by atoms with Crippen LogP contribution in [0.2, 0.25) is 0 Å². The largest absolute Gasteiger partial charge is 0.469 e. The number of esters is 1. The van der Waals surface area contributed by atoms with E-state index in [-0.39, 0.29) is 5.97 Å². The van der Waals surface area contributed by atoms with Gasteiger partial charge in [0, 0.05) is 46.3 Å². The van der Waals surface area contributed by atoms with Gasteiger partial charge in [0.25, 0.3) is 10.2 Å². The van der Waals surface area contributed by atoms with E-state index in [9.17, 15) is 13.2 Å². The summed E-state index contributed by atoms with van der Waals surface area (Å²) in [5, 5.41) is 0. The molecule has 0 N–H and O–H groups in total. The number of piperazine rings is 1. The first-order valence-corrected chi connectivity index (χ1v) is 8.82. The molecule has 0 aliphatic carbocycles. The normalized spacial score (nSPS) is 18.1. The Morgan fingerprint density at radius 2 is 1.86 bits per heavy atom. The zero-order valence-corrected chi connectivity index (χ0v) is 14.1. The van der Waals surface area contributed by atoms with Gasteiger partial charge in [0.2, 0.25) is 0 Å². The predicted molar refractivity (Wildman–Crippen MR) is 81.1 cm³/mol. The monoisotopic (exact) mass is 321 g/mol. The lowest BCUT2D eigenvalue weighted by molar-refractivity contribution is -0.141. The number of methoxy groups -OCH3 is 1. The van der Waals surface area contributed by atoms with E-state index in [0.717, 1.165) is 12.8 Å². The van der Waals surface area contributed by atoms with Crippen LogP contribution in [-0.4, -0.2) is 81.3 Å². The van der Waals surface area contributed by atoms with Crippen LogP contribution in [0.4, 0.5) is 0 Å². The molecule has 1 saturated heterocycles. The van der Waals surface area contributed by atoms with E-state index in [2.05, 4.69) is 9.64 Å². The molecule has 0 saturated carbocycles. The first-order valence-electron chi connectivity index (χ1n) is 7.42. The maximum Gasteiger partial charge on any atom is 0.306 e. The van der Waals surface area contributed by atoms with E-state index in [4.69, 9.17) is 0 Å². The van der Waals surface area contributed by atoms with Crippen LogP contribution in [0.5, 0.6) is 0 Å². The molecule has 0 bridgehead atoms. The summed E-state index contributed by atoms with van der Waals surface area (Å²) in [6, 6.07) is 0. The second kappa shape index (κ2) is 8.67. The van der Waals surface area contributed by atoms with Crippen molar-refractivity contribution in [1.29, 1.82) is 0 Å². The number of unbranched alkanes of at least 4 members (excludes halogenated alkanes) is 1. The van der Waals surface area contributed by atoms with Gasteiger partial charge in [-0.3, -0.25) is 4.79 Å². The van der Waals surface area contributed by atoms with Gasteiger partial charge in [-0.2, -0.15) is 17.0 Å². The van der Waals surface area contributed by atoms with E-state index in [0.29, 0.717) is 45.7 Å². The molecule has 0 unspecified atom stereocenters. The van der Waals surface area contributed by atoms with E-state index >= 15 is 0 Å². The summed E-state index contributed by atoms with van der Waals surface area (Å²) in [5.41, 5.74) is 0. The number of hydrogen-bond donors (Lipinski definition) is 0. The van der Waals surface area contributed by atoms with E-state index in [1.165, 1.54) is 15.7 Å². The molecule has 0 atom stereocenters. The molecule has 1 aliphatic rings. The van der Waals surface area contributed by atoms with Crippen LogP contribution in [0.15, 0.2) is 0 Å². The van der Waals surface area contributed by atoms with Crippen LogP contribution in [0.3, 0.4) is 0 Å². The van der Waals surface area contributed by atoms with Gasteiger partial charge in [0.1, 0.15) is 0 Å². The molecule has 1 fully saturated rings. The van der Waals surface area contributed by atoms with Crippen LogP contribution >= 0.6 is 0 Å². The summed E-state index contributed by atoms with van der Waals surface area (Å²) in [5.74, 6) is -0.232. The minimum atomic E-state index is -3.35. The Morgan fingerprint density at radius 1 is 1.24 bits per heavy atom. The maximum absolute atomic E-state index is 12.4. The third-order valence-electron chi connectivity index (χ3n) is 3.74. The molecule has 0 aromatic carbocycles. The average molecular weight is 321 g/mol. The number of rotatable bonds is 8. The summed E-state index contributed by atoms with van der Waals surface area (Å²) in [6.45, 7) is 5.46.